The van der Waals surface area contributed by atoms with Crippen molar-refractivity contribution in [3.63, 3.8) is 0 Å². The number of aromatic nitrogens is 3. The third-order valence-electron chi connectivity index (χ3n) is 4.32. The number of hydrogen-bond acceptors (Lipinski definition) is 4. The zero-order valence-corrected chi connectivity index (χ0v) is 17.8. The summed E-state index contributed by atoms with van der Waals surface area (Å²) in [7, 11) is 0. The molecule has 1 amide bonds. The third kappa shape index (κ3) is 6.27. The number of thioether (sulfide) groups is 1. The molecule has 2 N–H and O–H groups in total. The molecule has 0 aliphatic rings. The van der Waals surface area contributed by atoms with Gasteiger partial charge in [-0.25, -0.2) is 4.39 Å². The van der Waals surface area contributed by atoms with E-state index in [0.717, 1.165) is 34.0 Å². The summed E-state index contributed by atoms with van der Waals surface area (Å²) in [5.74, 6) is 1.35. The number of carbonyl (C=O) groups excluding carboxylic acids is 1. The summed E-state index contributed by atoms with van der Waals surface area (Å²) >= 11 is 6.97. The van der Waals surface area contributed by atoms with Crippen molar-refractivity contribution in [1.29, 1.82) is 0 Å². The highest BCUT2D eigenvalue weighted by Crippen LogP contribution is 2.19. The summed E-state index contributed by atoms with van der Waals surface area (Å²) in [5, 5.41) is 10.1. The van der Waals surface area contributed by atoms with Gasteiger partial charge in [0.05, 0.1) is 0 Å². The molecule has 0 saturated heterocycles. The number of rotatable bonds is 9. The van der Waals surface area contributed by atoms with Crippen molar-refractivity contribution in [3.8, 4) is 11.4 Å². The number of nitrogens with one attached hydrogen (secondary N) is 2. The fourth-order valence-electron chi connectivity index (χ4n) is 2.85. The SMILES string of the molecule is Cc1cccc(-c2n[nH]c(=S)n2CCC(=O)NCCCSc2ccc(F)cc2)c1. The second-order valence-corrected chi connectivity index (χ2v) is 8.18. The van der Waals surface area contributed by atoms with E-state index >= 15 is 0 Å². The Morgan fingerprint density at radius 2 is 2.07 bits per heavy atom. The van der Waals surface area contributed by atoms with Gasteiger partial charge in [0.25, 0.3) is 0 Å². The van der Waals surface area contributed by atoms with Crippen LogP contribution in [0.25, 0.3) is 11.4 Å². The molecule has 3 aromatic rings. The van der Waals surface area contributed by atoms with Crippen LogP contribution in [0.4, 0.5) is 4.39 Å². The lowest BCUT2D eigenvalue weighted by Gasteiger charge is -2.08. The molecule has 3 rings (SSSR count). The number of H-pyrrole nitrogens is 1. The molecule has 0 fully saturated rings. The van der Waals surface area contributed by atoms with Gasteiger partial charge in [-0.15, -0.1) is 11.8 Å². The Morgan fingerprint density at radius 1 is 1.28 bits per heavy atom. The Kier molecular flexibility index (Phi) is 7.60. The van der Waals surface area contributed by atoms with Crippen LogP contribution in [0.3, 0.4) is 0 Å². The molecule has 152 valence electrons. The van der Waals surface area contributed by atoms with Gasteiger partial charge in [0.15, 0.2) is 10.6 Å². The first-order chi connectivity index (χ1) is 14.0. The quantitative estimate of drug-likeness (QED) is 0.292. The van der Waals surface area contributed by atoms with E-state index in [1.807, 2.05) is 35.8 Å². The van der Waals surface area contributed by atoms with E-state index in [-0.39, 0.29) is 11.7 Å². The fraction of sp³-hybridized carbons (Fsp3) is 0.286. The molecule has 2 aromatic carbocycles. The third-order valence-corrected chi connectivity index (χ3v) is 5.73. The molecule has 8 heteroatoms. The minimum Gasteiger partial charge on any atom is -0.356 e. The van der Waals surface area contributed by atoms with Crippen LogP contribution in [-0.4, -0.2) is 33.0 Å². The Bertz CT molecular complexity index is 1010. The maximum absolute atomic E-state index is 12.9. The van der Waals surface area contributed by atoms with Crippen LogP contribution in [0.15, 0.2) is 53.4 Å². The number of aryl methyl sites for hydroxylation is 1. The summed E-state index contributed by atoms with van der Waals surface area (Å²) < 4.78 is 15.2. The van der Waals surface area contributed by atoms with Crippen molar-refractivity contribution in [2.45, 2.75) is 31.2 Å². The second-order valence-electron chi connectivity index (χ2n) is 6.63. The second kappa shape index (κ2) is 10.4. The fourth-order valence-corrected chi connectivity index (χ4v) is 3.93. The normalized spacial score (nSPS) is 10.8. The molecule has 0 atom stereocenters. The lowest BCUT2D eigenvalue weighted by atomic mass is 10.1. The van der Waals surface area contributed by atoms with Crippen LogP contribution in [0, 0.1) is 17.5 Å². The van der Waals surface area contributed by atoms with E-state index < -0.39 is 0 Å². The van der Waals surface area contributed by atoms with Crippen molar-refractivity contribution < 1.29 is 9.18 Å². The van der Waals surface area contributed by atoms with Gasteiger partial charge >= 0.3 is 0 Å². The van der Waals surface area contributed by atoms with Crippen molar-refractivity contribution in [2.75, 3.05) is 12.3 Å². The van der Waals surface area contributed by atoms with Crippen molar-refractivity contribution >= 4 is 29.9 Å². The van der Waals surface area contributed by atoms with Crippen molar-refractivity contribution in [1.82, 2.24) is 20.1 Å². The van der Waals surface area contributed by atoms with Gasteiger partial charge in [0, 0.05) is 30.0 Å². The molecule has 0 spiro atoms. The van der Waals surface area contributed by atoms with E-state index in [2.05, 4.69) is 15.5 Å². The number of nitrogens with zero attached hydrogens (tertiary/aromatic N) is 2. The topological polar surface area (TPSA) is 62.7 Å². The average molecular weight is 431 g/mol. The summed E-state index contributed by atoms with van der Waals surface area (Å²) in [5.41, 5.74) is 2.11. The summed E-state index contributed by atoms with van der Waals surface area (Å²) in [6, 6.07) is 14.5. The van der Waals surface area contributed by atoms with Crippen LogP contribution >= 0.6 is 24.0 Å². The first-order valence-corrected chi connectivity index (χ1v) is 10.8. The monoisotopic (exact) mass is 430 g/mol. The number of hydrogen-bond donors (Lipinski definition) is 2. The molecule has 1 aromatic heterocycles. The van der Waals surface area contributed by atoms with E-state index in [4.69, 9.17) is 12.2 Å². The standard InChI is InChI=1S/C21H23FN4OS2/c1-15-4-2-5-16(14-15)20-24-25-21(28)26(20)12-10-19(27)23-11-3-13-29-18-8-6-17(22)7-9-18/h2,4-9,14H,3,10-13H2,1H3,(H,23,27)(H,25,28). The van der Waals surface area contributed by atoms with E-state index in [1.54, 1.807) is 23.9 Å². The van der Waals surface area contributed by atoms with E-state index in [9.17, 15) is 9.18 Å². The van der Waals surface area contributed by atoms with Crippen molar-refractivity contribution in [2.24, 2.45) is 0 Å². The highest BCUT2D eigenvalue weighted by molar-refractivity contribution is 7.99. The smallest absolute Gasteiger partial charge is 0.221 e. The highest BCUT2D eigenvalue weighted by atomic mass is 32.2. The highest BCUT2D eigenvalue weighted by Gasteiger charge is 2.10. The molecule has 0 unspecified atom stereocenters. The first kappa shape index (κ1) is 21.3. The van der Waals surface area contributed by atoms with Gasteiger partial charge in [0.1, 0.15) is 5.82 Å². The maximum Gasteiger partial charge on any atom is 0.221 e. The largest absolute Gasteiger partial charge is 0.356 e. The van der Waals surface area contributed by atoms with Gasteiger partial charge < -0.3 is 5.32 Å². The van der Waals surface area contributed by atoms with Crippen LogP contribution in [0.1, 0.15) is 18.4 Å². The molecule has 0 aliphatic carbocycles. The Hall–Kier alpha value is -2.45. The van der Waals surface area contributed by atoms with Crippen LogP contribution < -0.4 is 5.32 Å². The van der Waals surface area contributed by atoms with Gasteiger partial charge in [-0.2, -0.15) is 5.10 Å². The van der Waals surface area contributed by atoms with Gasteiger partial charge in [0.2, 0.25) is 5.91 Å². The minimum absolute atomic E-state index is 0.0184. The predicted octanol–water partition coefficient (Wildman–Crippen LogP) is 4.74. The average Bonchev–Trinajstić information content (AvgIpc) is 3.08. The first-order valence-electron chi connectivity index (χ1n) is 9.40. The molecule has 0 saturated carbocycles. The van der Waals surface area contributed by atoms with Gasteiger partial charge in [-0.05, 0) is 61.6 Å². The summed E-state index contributed by atoms with van der Waals surface area (Å²) in [6.45, 7) is 3.10. The lowest BCUT2D eigenvalue weighted by molar-refractivity contribution is -0.121. The molecule has 29 heavy (non-hydrogen) atoms. The maximum atomic E-state index is 12.9. The molecular formula is C21H23FN4OS2. The van der Waals surface area contributed by atoms with E-state index in [1.165, 1.54) is 12.1 Å². The molecular weight excluding hydrogens is 407 g/mol. The molecule has 0 radical (unpaired) electrons. The Balaban J connectivity index is 1.43. The molecule has 1 heterocycles. The number of amides is 1. The van der Waals surface area contributed by atoms with Gasteiger partial charge in [-0.3, -0.25) is 14.5 Å². The number of carbonyl (C=O) groups is 1. The van der Waals surface area contributed by atoms with Crippen LogP contribution in [0.5, 0.6) is 0 Å². The zero-order chi connectivity index (χ0) is 20.6. The minimum atomic E-state index is -0.232. The van der Waals surface area contributed by atoms with E-state index in [0.29, 0.717) is 24.3 Å². The molecule has 0 bridgehead atoms. The summed E-state index contributed by atoms with van der Waals surface area (Å²) in [4.78, 5) is 13.2. The number of benzene rings is 2. The Morgan fingerprint density at radius 3 is 2.83 bits per heavy atom. The number of halogens is 1. The van der Waals surface area contributed by atoms with Crippen LogP contribution in [0.2, 0.25) is 0 Å². The predicted molar refractivity (Wildman–Crippen MR) is 117 cm³/mol. The number of aromatic amines is 1. The molecule has 5 nitrogen and oxygen atoms in total. The Labute approximate surface area is 178 Å². The van der Waals surface area contributed by atoms with Gasteiger partial charge in [-0.1, -0.05) is 23.8 Å². The summed E-state index contributed by atoms with van der Waals surface area (Å²) in [6.07, 6.45) is 1.17. The van der Waals surface area contributed by atoms with Crippen molar-refractivity contribution in [3.05, 3.63) is 64.7 Å². The zero-order valence-electron chi connectivity index (χ0n) is 16.2. The van der Waals surface area contributed by atoms with Crippen LogP contribution in [-0.2, 0) is 11.3 Å². The molecule has 0 aliphatic heterocycles. The lowest BCUT2D eigenvalue weighted by Crippen LogP contribution is -2.25.